The molecule has 2 amide bonds. The largest absolute Gasteiger partial charge is 0.478 e. The van der Waals surface area contributed by atoms with Crippen molar-refractivity contribution in [3.05, 3.63) is 94.9 Å². The van der Waals surface area contributed by atoms with Gasteiger partial charge in [0.15, 0.2) is 5.13 Å². The van der Waals surface area contributed by atoms with E-state index in [-0.39, 0.29) is 17.0 Å². The number of nitrogens with one attached hydrogen (secondary N) is 2. The third-order valence-corrected chi connectivity index (χ3v) is 7.23. The molecule has 3 N–H and O–H groups in total. The van der Waals surface area contributed by atoms with Crippen LogP contribution in [0.3, 0.4) is 0 Å². The van der Waals surface area contributed by atoms with Crippen LogP contribution in [-0.4, -0.2) is 33.1 Å². The maximum absolute atomic E-state index is 12.8. The minimum atomic E-state index is -1.17. The molecule has 1 unspecified atom stereocenters. The van der Waals surface area contributed by atoms with E-state index in [9.17, 15) is 19.5 Å². The van der Waals surface area contributed by atoms with Crippen molar-refractivity contribution in [3.63, 3.8) is 0 Å². The lowest BCUT2D eigenvalue weighted by atomic mass is 10.1. The second-order valence-corrected chi connectivity index (χ2v) is 10.5. The van der Waals surface area contributed by atoms with Gasteiger partial charge in [-0.1, -0.05) is 48.5 Å². The Labute approximate surface area is 216 Å². The molecule has 0 saturated carbocycles. The summed E-state index contributed by atoms with van der Waals surface area (Å²) >= 11 is 2.77. The van der Waals surface area contributed by atoms with E-state index < -0.39 is 17.1 Å². The Kier molecular flexibility index (Phi) is 7.82. The normalized spacial score (nSPS) is 11.5. The lowest BCUT2D eigenvalue weighted by Gasteiger charge is -2.12. The summed E-state index contributed by atoms with van der Waals surface area (Å²) in [6, 6.07) is 22.9. The molecule has 4 aromatic rings. The molecule has 1 heterocycles. The van der Waals surface area contributed by atoms with Gasteiger partial charge in [-0.3, -0.25) is 9.59 Å². The number of aryl methyl sites for hydroxylation is 1. The van der Waals surface area contributed by atoms with Crippen LogP contribution in [0.25, 0.3) is 11.3 Å². The van der Waals surface area contributed by atoms with Gasteiger partial charge in [-0.15, -0.1) is 23.1 Å². The number of carbonyl (C=O) groups excluding carboxylic acids is 2. The lowest BCUT2D eigenvalue weighted by molar-refractivity contribution is -0.115. The highest BCUT2D eigenvalue weighted by molar-refractivity contribution is 8.00. The highest BCUT2D eigenvalue weighted by atomic mass is 32.2. The maximum atomic E-state index is 12.8. The number of benzene rings is 3. The third-order valence-electron chi connectivity index (χ3n) is 5.25. The molecule has 0 bridgehead atoms. The van der Waals surface area contributed by atoms with Gasteiger partial charge in [-0.2, -0.15) is 0 Å². The van der Waals surface area contributed by atoms with E-state index in [1.54, 1.807) is 37.3 Å². The Morgan fingerprint density at radius 3 is 2.33 bits per heavy atom. The molecule has 0 spiro atoms. The summed E-state index contributed by atoms with van der Waals surface area (Å²) in [5, 5.41) is 15.1. The van der Waals surface area contributed by atoms with Crippen LogP contribution in [0.2, 0.25) is 0 Å². The standard InChI is InChI=1S/C27H23N3O4S2/c1-16-23(18-9-4-3-5-10-18)29-27(36-16)30-24(31)17(2)35-20-12-8-11-19(15-20)28-25(32)21-13-6-7-14-22(21)26(33)34/h3-15,17H,1-2H3,(H,28,32)(H,33,34)(H,29,30,31). The summed E-state index contributed by atoms with van der Waals surface area (Å²) in [7, 11) is 0. The second-order valence-electron chi connectivity index (χ2n) is 7.87. The Morgan fingerprint density at radius 2 is 1.61 bits per heavy atom. The maximum Gasteiger partial charge on any atom is 0.336 e. The quantitative estimate of drug-likeness (QED) is 0.241. The molecule has 0 aliphatic carbocycles. The summed E-state index contributed by atoms with van der Waals surface area (Å²) in [6.07, 6.45) is 0. The molecule has 1 atom stereocenters. The van der Waals surface area contributed by atoms with Crippen LogP contribution >= 0.6 is 23.1 Å². The van der Waals surface area contributed by atoms with Crippen molar-refractivity contribution in [2.24, 2.45) is 0 Å². The van der Waals surface area contributed by atoms with E-state index >= 15 is 0 Å². The molecule has 9 heteroatoms. The monoisotopic (exact) mass is 517 g/mol. The van der Waals surface area contributed by atoms with Crippen molar-refractivity contribution >= 4 is 51.7 Å². The molecular weight excluding hydrogens is 494 g/mol. The zero-order valence-electron chi connectivity index (χ0n) is 19.5. The number of amides is 2. The molecule has 0 radical (unpaired) electrons. The van der Waals surface area contributed by atoms with Crippen molar-refractivity contribution in [3.8, 4) is 11.3 Å². The molecule has 7 nitrogen and oxygen atoms in total. The van der Waals surface area contributed by atoms with Crippen LogP contribution in [0.15, 0.2) is 83.8 Å². The molecule has 0 fully saturated rings. The zero-order valence-corrected chi connectivity index (χ0v) is 21.2. The fourth-order valence-electron chi connectivity index (χ4n) is 3.49. The van der Waals surface area contributed by atoms with E-state index in [1.807, 2.05) is 43.3 Å². The highest BCUT2D eigenvalue weighted by Crippen LogP contribution is 2.31. The van der Waals surface area contributed by atoms with E-state index in [1.165, 1.54) is 35.2 Å². The van der Waals surface area contributed by atoms with Crippen molar-refractivity contribution in [2.75, 3.05) is 10.6 Å². The van der Waals surface area contributed by atoms with Gasteiger partial charge in [0.25, 0.3) is 5.91 Å². The molecule has 36 heavy (non-hydrogen) atoms. The zero-order chi connectivity index (χ0) is 25.7. The van der Waals surface area contributed by atoms with Gasteiger partial charge in [-0.05, 0) is 44.2 Å². The minimum Gasteiger partial charge on any atom is -0.478 e. The summed E-state index contributed by atoms with van der Waals surface area (Å²) < 4.78 is 0. The van der Waals surface area contributed by atoms with Gasteiger partial charge in [0.1, 0.15) is 0 Å². The minimum absolute atomic E-state index is 0.0707. The van der Waals surface area contributed by atoms with Crippen LogP contribution in [0, 0.1) is 6.92 Å². The Hall–Kier alpha value is -3.95. The molecule has 3 aromatic carbocycles. The molecule has 182 valence electrons. The predicted octanol–water partition coefficient (Wildman–Crippen LogP) is 6.19. The number of anilines is 2. The Morgan fingerprint density at radius 1 is 0.917 bits per heavy atom. The van der Waals surface area contributed by atoms with Crippen LogP contribution in [0.1, 0.15) is 32.5 Å². The number of aromatic nitrogens is 1. The first kappa shape index (κ1) is 25.2. The van der Waals surface area contributed by atoms with Gasteiger partial charge in [0.05, 0.1) is 22.1 Å². The fraction of sp³-hybridized carbons (Fsp3) is 0.111. The molecular formula is C27H23N3O4S2. The summed E-state index contributed by atoms with van der Waals surface area (Å²) in [5.74, 6) is -1.87. The van der Waals surface area contributed by atoms with Crippen molar-refractivity contribution < 1.29 is 19.5 Å². The van der Waals surface area contributed by atoms with Gasteiger partial charge < -0.3 is 15.7 Å². The number of thiazole rings is 1. The number of carboxylic acids is 1. The number of aromatic carboxylic acids is 1. The average Bonchev–Trinajstić information content (AvgIpc) is 3.24. The summed E-state index contributed by atoms with van der Waals surface area (Å²) in [5.41, 5.74) is 2.35. The molecule has 0 aliphatic rings. The van der Waals surface area contributed by atoms with Crippen LogP contribution < -0.4 is 10.6 Å². The van der Waals surface area contributed by atoms with E-state index in [2.05, 4.69) is 15.6 Å². The molecule has 1 aromatic heterocycles. The number of carboxylic acid groups (broad SMARTS) is 1. The summed E-state index contributed by atoms with van der Waals surface area (Å²) in [6.45, 7) is 3.77. The number of thioether (sulfide) groups is 1. The summed E-state index contributed by atoms with van der Waals surface area (Å²) in [4.78, 5) is 43.3. The van der Waals surface area contributed by atoms with Crippen LogP contribution in [-0.2, 0) is 4.79 Å². The van der Waals surface area contributed by atoms with Gasteiger partial charge in [-0.25, -0.2) is 9.78 Å². The average molecular weight is 518 g/mol. The van der Waals surface area contributed by atoms with Gasteiger partial charge in [0, 0.05) is 21.0 Å². The first-order chi connectivity index (χ1) is 17.3. The predicted molar refractivity (Wildman–Crippen MR) is 144 cm³/mol. The van der Waals surface area contributed by atoms with E-state index in [0.717, 1.165) is 21.0 Å². The van der Waals surface area contributed by atoms with Gasteiger partial charge >= 0.3 is 5.97 Å². The van der Waals surface area contributed by atoms with E-state index in [0.29, 0.717) is 10.8 Å². The highest BCUT2D eigenvalue weighted by Gasteiger charge is 2.19. The van der Waals surface area contributed by atoms with Gasteiger partial charge in [0.2, 0.25) is 5.91 Å². The number of hydrogen-bond acceptors (Lipinski definition) is 6. The first-order valence-electron chi connectivity index (χ1n) is 11.1. The Balaban J connectivity index is 1.40. The van der Waals surface area contributed by atoms with Crippen LogP contribution in [0.4, 0.5) is 10.8 Å². The van der Waals surface area contributed by atoms with Crippen LogP contribution in [0.5, 0.6) is 0 Å². The Bertz CT molecular complexity index is 1420. The van der Waals surface area contributed by atoms with Crippen molar-refractivity contribution in [1.82, 2.24) is 4.98 Å². The second kappa shape index (κ2) is 11.2. The topological polar surface area (TPSA) is 108 Å². The number of nitrogens with zero attached hydrogens (tertiary/aromatic N) is 1. The fourth-order valence-corrected chi connectivity index (χ4v) is 5.26. The number of rotatable bonds is 8. The van der Waals surface area contributed by atoms with E-state index in [4.69, 9.17) is 0 Å². The number of carbonyl (C=O) groups is 3. The SMILES string of the molecule is Cc1sc(NC(=O)C(C)Sc2cccc(NC(=O)c3ccccc3C(=O)O)c2)nc1-c1ccccc1. The molecule has 0 saturated heterocycles. The first-order valence-corrected chi connectivity index (χ1v) is 12.8. The molecule has 0 aliphatic heterocycles. The lowest BCUT2D eigenvalue weighted by Crippen LogP contribution is -2.22. The van der Waals surface area contributed by atoms with Crippen molar-refractivity contribution in [1.29, 1.82) is 0 Å². The smallest absolute Gasteiger partial charge is 0.336 e. The third kappa shape index (κ3) is 5.99. The van der Waals surface area contributed by atoms with Crippen molar-refractivity contribution in [2.45, 2.75) is 24.0 Å². The number of hydrogen-bond donors (Lipinski definition) is 3. The molecule has 4 rings (SSSR count).